The minimum atomic E-state index is -3.71. The Balaban J connectivity index is 2.28. The van der Waals surface area contributed by atoms with Gasteiger partial charge in [-0.1, -0.05) is 19.1 Å². The number of aryl methyl sites for hydroxylation is 1. The molecular formula is C17H28N2O4S2. The molecule has 1 heterocycles. The monoisotopic (exact) mass is 388 g/mol. The van der Waals surface area contributed by atoms with Gasteiger partial charge in [-0.25, -0.2) is 16.8 Å². The van der Waals surface area contributed by atoms with Gasteiger partial charge in [0, 0.05) is 12.6 Å². The summed E-state index contributed by atoms with van der Waals surface area (Å²) in [5.41, 5.74) is 1.07. The summed E-state index contributed by atoms with van der Waals surface area (Å²) in [6.45, 7) is 3.09. The number of sulfonamides is 1. The summed E-state index contributed by atoms with van der Waals surface area (Å²) < 4.78 is 51.3. The van der Waals surface area contributed by atoms with E-state index in [4.69, 9.17) is 0 Å². The molecule has 1 aliphatic rings. The summed E-state index contributed by atoms with van der Waals surface area (Å²) >= 11 is 0. The van der Waals surface area contributed by atoms with Gasteiger partial charge in [0.15, 0.2) is 9.84 Å². The van der Waals surface area contributed by atoms with Crippen molar-refractivity contribution < 1.29 is 16.8 Å². The molecule has 0 aromatic heterocycles. The number of rotatable bonds is 8. The van der Waals surface area contributed by atoms with E-state index in [1.165, 1.54) is 4.31 Å². The average molecular weight is 389 g/mol. The predicted octanol–water partition coefficient (Wildman–Crippen LogP) is 1.38. The molecule has 0 bridgehead atoms. The van der Waals surface area contributed by atoms with E-state index in [0.29, 0.717) is 19.4 Å². The van der Waals surface area contributed by atoms with Crippen molar-refractivity contribution in [2.45, 2.75) is 37.1 Å². The zero-order chi connectivity index (χ0) is 18.7. The smallest absolute Gasteiger partial charge is 0.243 e. The van der Waals surface area contributed by atoms with Crippen molar-refractivity contribution in [3.63, 3.8) is 0 Å². The molecule has 1 fully saturated rings. The topological polar surface area (TPSA) is 74.8 Å². The largest absolute Gasteiger partial charge is 0.309 e. The van der Waals surface area contributed by atoms with Gasteiger partial charge in [0.1, 0.15) is 0 Å². The molecule has 1 aromatic carbocycles. The Labute approximate surface area is 151 Å². The molecule has 0 spiro atoms. The van der Waals surface area contributed by atoms with Crippen molar-refractivity contribution in [2.24, 2.45) is 0 Å². The van der Waals surface area contributed by atoms with Crippen LogP contribution in [0.4, 0.5) is 0 Å². The lowest BCUT2D eigenvalue weighted by Gasteiger charge is -2.28. The SMILES string of the molecule is CCc1ccc(S(=O)(=O)N(CCCN(C)C)C2CCS(=O)(=O)C2)cc1. The van der Waals surface area contributed by atoms with E-state index < -0.39 is 25.9 Å². The summed E-state index contributed by atoms with van der Waals surface area (Å²) in [5, 5.41) is 0. The molecule has 8 heteroatoms. The van der Waals surface area contributed by atoms with Gasteiger partial charge in [-0.3, -0.25) is 0 Å². The van der Waals surface area contributed by atoms with Gasteiger partial charge >= 0.3 is 0 Å². The van der Waals surface area contributed by atoms with Crippen LogP contribution < -0.4 is 0 Å². The maximum atomic E-state index is 13.1. The van der Waals surface area contributed by atoms with E-state index in [1.807, 2.05) is 38.1 Å². The standard InChI is InChI=1S/C17H28N2O4S2/c1-4-15-6-8-17(9-7-15)25(22,23)19(12-5-11-18(2)3)16-10-13-24(20,21)14-16/h6-9,16H,4-5,10-14H2,1-3H3. The Morgan fingerprint density at radius 3 is 2.24 bits per heavy atom. The summed E-state index contributed by atoms with van der Waals surface area (Å²) in [4.78, 5) is 2.23. The quantitative estimate of drug-likeness (QED) is 0.673. The van der Waals surface area contributed by atoms with Gasteiger partial charge in [-0.2, -0.15) is 4.31 Å². The minimum Gasteiger partial charge on any atom is -0.309 e. The molecule has 142 valence electrons. The second kappa shape index (κ2) is 8.16. The van der Waals surface area contributed by atoms with E-state index in [-0.39, 0.29) is 16.4 Å². The zero-order valence-electron chi connectivity index (χ0n) is 15.2. The lowest BCUT2D eigenvalue weighted by atomic mass is 10.2. The molecule has 25 heavy (non-hydrogen) atoms. The summed E-state index contributed by atoms with van der Waals surface area (Å²) in [5.74, 6) is -0.0205. The van der Waals surface area contributed by atoms with Crippen LogP contribution in [-0.2, 0) is 26.3 Å². The van der Waals surface area contributed by atoms with Crippen LogP contribution >= 0.6 is 0 Å². The van der Waals surface area contributed by atoms with Crippen LogP contribution in [0.3, 0.4) is 0 Å². The predicted molar refractivity (Wildman–Crippen MR) is 99.9 cm³/mol. The van der Waals surface area contributed by atoms with Crippen LogP contribution in [0.1, 0.15) is 25.3 Å². The maximum Gasteiger partial charge on any atom is 0.243 e. The molecule has 1 atom stereocenters. The lowest BCUT2D eigenvalue weighted by Crippen LogP contribution is -2.42. The van der Waals surface area contributed by atoms with Crippen molar-refractivity contribution >= 4 is 19.9 Å². The second-order valence-corrected chi connectivity index (χ2v) is 10.9. The molecule has 0 radical (unpaired) electrons. The molecule has 1 aromatic rings. The second-order valence-electron chi connectivity index (χ2n) is 6.83. The van der Waals surface area contributed by atoms with E-state index >= 15 is 0 Å². The molecule has 1 unspecified atom stereocenters. The molecular weight excluding hydrogens is 360 g/mol. The van der Waals surface area contributed by atoms with Crippen LogP contribution in [0.5, 0.6) is 0 Å². The number of benzene rings is 1. The molecule has 0 aliphatic carbocycles. The van der Waals surface area contributed by atoms with Crippen molar-refractivity contribution in [1.82, 2.24) is 9.21 Å². The van der Waals surface area contributed by atoms with Crippen molar-refractivity contribution in [3.8, 4) is 0 Å². The molecule has 0 saturated carbocycles. The van der Waals surface area contributed by atoms with Gasteiger partial charge in [0.05, 0.1) is 16.4 Å². The van der Waals surface area contributed by atoms with Crippen molar-refractivity contribution in [1.29, 1.82) is 0 Å². The summed E-state index contributed by atoms with van der Waals surface area (Å²) in [6.07, 6.45) is 1.88. The Morgan fingerprint density at radius 2 is 1.76 bits per heavy atom. The van der Waals surface area contributed by atoms with E-state index in [2.05, 4.69) is 0 Å². The van der Waals surface area contributed by atoms with Gasteiger partial charge in [0.2, 0.25) is 10.0 Å². The molecule has 0 amide bonds. The fraction of sp³-hybridized carbons (Fsp3) is 0.647. The van der Waals surface area contributed by atoms with E-state index in [1.54, 1.807) is 12.1 Å². The van der Waals surface area contributed by atoms with Crippen LogP contribution in [-0.4, -0.2) is 70.8 Å². The average Bonchev–Trinajstić information content (AvgIpc) is 2.90. The molecule has 1 aliphatic heterocycles. The summed E-state index contributed by atoms with van der Waals surface area (Å²) in [7, 11) is -2.99. The van der Waals surface area contributed by atoms with Crippen LogP contribution in [0, 0.1) is 0 Å². The number of hydrogen-bond acceptors (Lipinski definition) is 5. The Bertz CT molecular complexity index is 771. The van der Waals surface area contributed by atoms with Crippen molar-refractivity contribution in [3.05, 3.63) is 29.8 Å². The number of hydrogen-bond donors (Lipinski definition) is 0. The Morgan fingerprint density at radius 1 is 1.12 bits per heavy atom. The third-order valence-corrected chi connectivity index (χ3v) is 8.25. The summed E-state index contributed by atoms with van der Waals surface area (Å²) in [6, 6.07) is 6.41. The van der Waals surface area contributed by atoms with E-state index in [9.17, 15) is 16.8 Å². The normalized spacial score (nSPS) is 20.4. The van der Waals surface area contributed by atoms with E-state index in [0.717, 1.165) is 18.5 Å². The fourth-order valence-corrected chi connectivity index (χ4v) is 6.59. The number of nitrogens with zero attached hydrogens (tertiary/aromatic N) is 2. The third kappa shape index (κ3) is 5.26. The highest BCUT2D eigenvalue weighted by molar-refractivity contribution is 7.92. The Kier molecular flexibility index (Phi) is 6.64. The molecule has 0 N–H and O–H groups in total. The maximum absolute atomic E-state index is 13.1. The molecule has 2 rings (SSSR count). The lowest BCUT2D eigenvalue weighted by molar-refractivity contribution is 0.309. The molecule has 1 saturated heterocycles. The van der Waals surface area contributed by atoms with Gasteiger partial charge in [0.25, 0.3) is 0 Å². The Hall–Kier alpha value is -0.960. The minimum absolute atomic E-state index is 0.0616. The van der Waals surface area contributed by atoms with Crippen LogP contribution in [0.25, 0.3) is 0 Å². The first kappa shape index (κ1) is 20.4. The first-order chi connectivity index (χ1) is 11.7. The van der Waals surface area contributed by atoms with Gasteiger partial charge in [-0.05, 0) is 57.6 Å². The highest BCUT2D eigenvalue weighted by atomic mass is 32.2. The zero-order valence-corrected chi connectivity index (χ0v) is 16.8. The highest BCUT2D eigenvalue weighted by Crippen LogP contribution is 2.25. The number of sulfone groups is 1. The van der Waals surface area contributed by atoms with Crippen LogP contribution in [0.15, 0.2) is 29.2 Å². The van der Waals surface area contributed by atoms with Crippen molar-refractivity contribution in [2.75, 3.05) is 38.7 Å². The third-order valence-electron chi connectivity index (χ3n) is 4.54. The highest BCUT2D eigenvalue weighted by Gasteiger charge is 2.38. The fourth-order valence-electron chi connectivity index (χ4n) is 3.08. The first-order valence-electron chi connectivity index (χ1n) is 8.61. The first-order valence-corrected chi connectivity index (χ1v) is 11.9. The van der Waals surface area contributed by atoms with Gasteiger partial charge in [-0.15, -0.1) is 0 Å². The molecule has 6 nitrogen and oxygen atoms in total. The van der Waals surface area contributed by atoms with Crippen LogP contribution in [0.2, 0.25) is 0 Å². The van der Waals surface area contributed by atoms with Gasteiger partial charge < -0.3 is 4.90 Å².